The zero-order valence-electron chi connectivity index (χ0n) is 12.3. The Balaban J connectivity index is 2.11. The van der Waals surface area contributed by atoms with E-state index in [0.717, 1.165) is 21.4 Å². The second kappa shape index (κ2) is 5.73. The third kappa shape index (κ3) is 2.76. The molecule has 0 unspecified atom stereocenters. The van der Waals surface area contributed by atoms with Gasteiger partial charge in [-0.25, -0.2) is 4.79 Å². The summed E-state index contributed by atoms with van der Waals surface area (Å²) in [4.78, 5) is 39.3. The van der Waals surface area contributed by atoms with Crippen molar-refractivity contribution in [3.05, 3.63) is 66.3 Å². The van der Waals surface area contributed by atoms with Crippen LogP contribution in [0, 0.1) is 6.92 Å². The molecule has 2 aromatic heterocycles. The first kappa shape index (κ1) is 15.0. The lowest BCUT2D eigenvalue weighted by molar-refractivity contribution is 0.0600. The van der Waals surface area contributed by atoms with E-state index in [1.165, 1.54) is 14.0 Å². The maximum Gasteiger partial charge on any atom is 0.337 e. The van der Waals surface area contributed by atoms with Crippen molar-refractivity contribution in [3.8, 4) is 0 Å². The van der Waals surface area contributed by atoms with Gasteiger partial charge in [0, 0.05) is 0 Å². The monoisotopic (exact) mass is 329 g/mol. The number of fused-ring (bicyclic) bond motifs is 1. The summed E-state index contributed by atoms with van der Waals surface area (Å²) in [5.41, 5.74) is 0.554. The topological polar surface area (TPSA) is 90.6 Å². The molecule has 23 heavy (non-hydrogen) atoms. The molecule has 0 aliphatic carbocycles. The summed E-state index contributed by atoms with van der Waals surface area (Å²) >= 11 is 1.09. The lowest BCUT2D eigenvalue weighted by Gasteiger charge is -1.98. The fraction of sp³-hybridized carbons (Fsp3) is 0.133. The van der Waals surface area contributed by atoms with Gasteiger partial charge in [-0.1, -0.05) is 23.5 Å². The van der Waals surface area contributed by atoms with Gasteiger partial charge < -0.3 is 4.74 Å². The number of ether oxygens (including phenoxy) is 1. The van der Waals surface area contributed by atoms with Gasteiger partial charge in [0.2, 0.25) is 4.96 Å². The number of rotatable bonds is 2. The Morgan fingerprint density at radius 1 is 1.26 bits per heavy atom. The predicted molar refractivity (Wildman–Crippen MR) is 84.7 cm³/mol. The fourth-order valence-electron chi connectivity index (χ4n) is 1.97. The molecular weight excluding hydrogens is 318 g/mol. The van der Waals surface area contributed by atoms with Crippen molar-refractivity contribution in [2.45, 2.75) is 6.92 Å². The lowest BCUT2D eigenvalue weighted by atomic mass is 10.1. The van der Waals surface area contributed by atoms with Crippen molar-refractivity contribution in [2.24, 2.45) is 0 Å². The number of esters is 1. The Labute approximate surface area is 133 Å². The van der Waals surface area contributed by atoms with Gasteiger partial charge in [-0.2, -0.15) is 14.6 Å². The second-order valence-electron chi connectivity index (χ2n) is 4.73. The molecular formula is C15H11N3O4S. The zero-order valence-corrected chi connectivity index (χ0v) is 13.1. The summed E-state index contributed by atoms with van der Waals surface area (Å²) in [6.07, 6.45) is 1.66. The van der Waals surface area contributed by atoms with Crippen LogP contribution >= 0.6 is 11.3 Å². The van der Waals surface area contributed by atoms with Crippen LogP contribution in [0.3, 0.4) is 0 Å². The minimum Gasteiger partial charge on any atom is -0.465 e. The number of thiazole rings is 1. The van der Waals surface area contributed by atoms with Crippen LogP contribution < -0.4 is 15.7 Å². The van der Waals surface area contributed by atoms with Gasteiger partial charge in [-0.3, -0.25) is 9.59 Å². The maximum absolute atomic E-state index is 12.3. The van der Waals surface area contributed by atoms with E-state index in [2.05, 4.69) is 14.8 Å². The van der Waals surface area contributed by atoms with Crippen molar-refractivity contribution in [2.75, 3.05) is 7.11 Å². The number of aromatic nitrogens is 3. The zero-order chi connectivity index (χ0) is 16.6. The number of carbonyl (C=O) groups is 1. The second-order valence-corrected chi connectivity index (χ2v) is 5.74. The van der Waals surface area contributed by atoms with E-state index >= 15 is 0 Å². The van der Waals surface area contributed by atoms with Crippen molar-refractivity contribution in [3.63, 3.8) is 0 Å². The molecule has 0 spiro atoms. The highest BCUT2D eigenvalue weighted by Crippen LogP contribution is 2.07. The highest BCUT2D eigenvalue weighted by Gasteiger charge is 2.08. The fourth-order valence-corrected chi connectivity index (χ4v) is 2.88. The molecule has 0 saturated heterocycles. The molecule has 0 radical (unpaired) electrons. The predicted octanol–water partition coefficient (Wildman–Crippen LogP) is 0.154. The van der Waals surface area contributed by atoms with Gasteiger partial charge in [-0.15, -0.1) is 0 Å². The Kier molecular flexibility index (Phi) is 3.75. The Morgan fingerprint density at radius 2 is 1.96 bits per heavy atom. The van der Waals surface area contributed by atoms with Crippen molar-refractivity contribution in [1.82, 2.24) is 14.6 Å². The molecule has 3 aromatic rings. The summed E-state index contributed by atoms with van der Waals surface area (Å²) in [5, 5.41) is 3.94. The molecule has 3 rings (SSSR count). The molecule has 0 amide bonds. The minimum atomic E-state index is -0.444. The molecule has 0 bridgehead atoms. The quantitative estimate of drug-likeness (QED) is 0.622. The average molecular weight is 329 g/mol. The molecule has 7 nitrogen and oxygen atoms in total. The number of methoxy groups -OCH3 is 1. The molecule has 0 saturated carbocycles. The molecule has 116 valence electrons. The summed E-state index contributed by atoms with van der Waals surface area (Å²) in [5.74, 6) is -0.426. The van der Waals surface area contributed by atoms with Gasteiger partial charge in [0.05, 0.1) is 17.2 Å². The van der Waals surface area contributed by atoms with E-state index in [0.29, 0.717) is 10.1 Å². The Morgan fingerprint density at radius 3 is 2.61 bits per heavy atom. The SMILES string of the molecule is COC(=O)c1ccc(/C=c2\sc3nc(=O)c(C)nn3c2=O)cc1. The van der Waals surface area contributed by atoms with Crippen molar-refractivity contribution in [1.29, 1.82) is 0 Å². The van der Waals surface area contributed by atoms with Crippen LogP contribution in [0.1, 0.15) is 21.6 Å². The number of carbonyl (C=O) groups excluding carboxylic acids is 1. The number of hydrogen-bond acceptors (Lipinski definition) is 7. The van der Waals surface area contributed by atoms with E-state index in [9.17, 15) is 14.4 Å². The van der Waals surface area contributed by atoms with Gasteiger partial charge in [0.25, 0.3) is 11.1 Å². The maximum atomic E-state index is 12.3. The van der Waals surface area contributed by atoms with Crippen LogP contribution in [0.25, 0.3) is 11.0 Å². The van der Waals surface area contributed by atoms with Crippen LogP contribution in [0.5, 0.6) is 0 Å². The number of nitrogens with zero attached hydrogens (tertiary/aromatic N) is 3. The highest BCUT2D eigenvalue weighted by molar-refractivity contribution is 7.15. The lowest BCUT2D eigenvalue weighted by Crippen LogP contribution is -2.27. The molecule has 0 fully saturated rings. The summed E-state index contributed by atoms with van der Waals surface area (Å²) in [6, 6.07) is 6.62. The molecule has 0 atom stereocenters. The molecule has 0 aliphatic rings. The standard InChI is InChI=1S/C15H11N3O4S/c1-8-12(19)16-15-18(17-8)13(20)11(23-15)7-9-3-5-10(6-4-9)14(21)22-2/h3-7H,1-2H3/b11-7-. The van der Waals surface area contributed by atoms with Crippen LogP contribution in [0.15, 0.2) is 33.9 Å². The summed E-state index contributed by atoms with van der Waals surface area (Å²) in [6.45, 7) is 1.51. The highest BCUT2D eigenvalue weighted by atomic mass is 32.1. The van der Waals surface area contributed by atoms with Crippen molar-refractivity contribution < 1.29 is 9.53 Å². The number of benzene rings is 1. The van der Waals surface area contributed by atoms with Gasteiger partial charge >= 0.3 is 5.97 Å². The molecule has 0 N–H and O–H groups in total. The summed E-state index contributed by atoms with van der Waals surface area (Å²) in [7, 11) is 1.31. The van der Waals surface area contributed by atoms with E-state index < -0.39 is 11.5 Å². The Hall–Kier alpha value is -2.87. The van der Waals surface area contributed by atoms with E-state index in [4.69, 9.17) is 0 Å². The molecule has 8 heteroatoms. The van der Waals surface area contributed by atoms with Crippen LogP contribution in [-0.2, 0) is 4.74 Å². The van der Waals surface area contributed by atoms with E-state index in [-0.39, 0.29) is 16.2 Å². The van der Waals surface area contributed by atoms with Gasteiger partial charge in [-0.05, 0) is 30.7 Å². The average Bonchev–Trinajstić information content (AvgIpc) is 2.84. The third-order valence-electron chi connectivity index (χ3n) is 3.17. The van der Waals surface area contributed by atoms with Crippen molar-refractivity contribution >= 4 is 28.3 Å². The first-order valence-electron chi connectivity index (χ1n) is 6.60. The normalized spacial score (nSPS) is 11.8. The minimum absolute atomic E-state index is 0.173. The van der Waals surface area contributed by atoms with Gasteiger partial charge in [0.15, 0.2) is 0 Å². The van der Waals surface area contributed by atoms with Gasteiger partial charge in [0.1, 0.15) is 5.69 Å². The molecule has 1 aromatic carbocycles. The number of hydrogen-bond donors (Lipinski definition) is 0. The molecule has 2 heterocycles. The largest absolute Gasteiger partial charge is 0.465 e. The first-order valence-corrected chi connectivity index (χ1v) is 7.42. The smallest absolute Gasteiger partial charge is 0.337 e. The first-order chi connectivity index (χ1) is 11.0. The van der Waals surface area contributed by atoms with Crippen LogP contribution in [-0.4, -0.2) is 27.7 Å². The third-order valence-corrected chi connectivity index (χ3v) is 4.13. The Bertz CT molecular complexity index is 1070. The summed E-state index contributed by atoms with van der Waals surface area (Å²) < 4.78 is 6.15. The van der Waals surface area contributed by atoms with Crippen LogP contribution in [0.2, 0.25) is 0 Å². The number of aryl methyl sites for hydroxylation is 1. The molecule has 0 aliphatic heterocycles. The van der Waals surface area contributed by atoms with E-state index in [1.807, 2.05) is 0 Å². The van der Waals surface area contributed by atoms with E-state index in [1.54, 1.807) is 30.3 Å². The van der Waals surface area contributed by atoms with Crippen LogP contribution in [0.4, 0.5) is 0 Å².